The second kappa shape index (κ2) is 8.26. The Hall–Kier alpha value is -1.14. The van der Waals surface area contributed by atoms with Crippen molar-refractivity contribution in [3.05, 3.63) is 38.4 Å². The van der Waals surface area contributed by atoms with Gasteiger partial charge in [-0.2, -0.15) is 5.10 Å². The summed E-state index contributed by atoms with van der Waals surface area (Å²) >= 11 is 14.1. The van der Waals surface area contributed by atoms with Gasteiger partial charge in [0.2, 0.25) is 4.80 Å². The summed E-state index contributed by atoms with van der Waals surface area (Å²) in [6.07, 6.45) is 6.97. The molecule has 1 aromatic heterocycles. The molecule has 0 radical (unpaired) electrons. The van der Waals surface area contributed by atoms with Gasteiger partial charge in [0.1, 0.15) is 0 Å². The lowest BCUT2D eigenvalue weighted by atomic mass is 10.2. The van der Waals surface area contributed by atoms with Gasteiger partial charge in [-0.3, -0.25) is 4.99 Å². The van der Waals surface area contributed by atoms with Gasteiger partial charge in [-0.25, -0.2) is 4.68 Å². The van der Waals surface area contributed by atoms with Crippen LogP contribution in [0.2, 0.25) is 10.0 Å². The van der Waals surface area contributed by atoms with E-state index >= 15 is 0 Å². The smallest absolute Gasteiger partial charge is 0.206 e. The molecule has 2 aromatic rings. The molecule has 1 saturated heterocycles. The number of halogens is 2. The van der Waals surface area contributed by atoms with Gasteiger partial charge >= 0.3 is 0 Å². The van der Waals surface area contributed by atoms with Crippen molar-refractivity contribution in [2.75, 3.05) is 13.2 Å². The summed E-state index contributed by atoms with van der Waals surface area (Å²) in [5.41, 5.74) is 3.11. The van der Waals surface area contributed by atoms with Crippen LogP contribution in [-0.4, -0.2) is 29.6 Å². The van der Waals surface area contributed by atoms with Gasteiger partial charge in [0.25, 0.3) is 0 Å². The molecule has 4 rings (SSSR count). The van der Waals surface area contributed by atoms with Crippen molar-refractivity contribution in [1.29, 1.82) is 0 Å². The van der Waals surface area contributed by atoms with E-state index in [1.807, 2.05) is 16.8 Å². The molecule has 7 heteroatoms. The van der Waals surface area contributed by atoms with E-state index in [4.69, 9.17) is 38.0 Å². The van der Waals surface area contributed by atoms with Gasteiger partial charge < -0.3 is 4.74 Å². The second-order valence-electron chi connectivity index (χ2n) is 6.69. The van der Waals surface area contributed by atoms with Gasteiger partial charge in [-0.05, 0) is 56.7 Å². The Morgan fingerprint density at radius 3 is 2.77 bits per heavy atom. The van der Waals surface area contributed by atoms with Crippen molar-refractivity contribution in [3.63, 3.8) is 0 Å². The van der Waals surface area contributed by atoms with Gasteiger partial charge in [-0.1, -0.05) is 23.2 Å². The quantitative estimate of drug-likeness (QED) is 0.667. The Morgan fingerprint density at radius 1 is 1.19 bits per heavy atom. The number of nitrogens with zero attached hydrogens (tertiary/aromatic N) is 3. The average Bonchev–Trinajstić information content (AvgIpc) is 3.36. The zero-order chi connectivity index (χ0) is 17.9. The molecule has 1 aliphatic heterocycles. The van der Waals surface area contributed by atoms with E-state index < -0.39 is 0 Å². The van der Waals surface area contributed by atoms with Crippen LogP contribution >= 0.6 is 34.5 Å². The summed E-state index contributed by atoms with van der Waals surface area (Å²) in [7, 11) is 0. The third kappa shape index (κ3) is 4.06. The number of hydrogen-bond donors (Lipinski definition) is 0. The molecule has 2 fully saturated rings. The van der Waals surface area contributed by atoms with E-state index in [1.54, 1.807) is 17.4 Å². The van der Waals surface area contributed by atoms with E-state index in [1.165, 1.54) is 18.6 Å². The van der Waals surface area contributed by atoms with Crippen molar-refractivity contribution >= 4 is 40.3 Å². The van der Waals surface area contributed by atoms with Crippen molar-refractivity contribution in [2.24, 2.45) is 10.1 Å². The van der Waals surface area contributed by atoms with Crippen LogP contribution in [0.5, 0.6) is 0 Å². The normalized spacial score (nSPS) is 20.9. The fourth-order valence-corrected chi connectivity index (χ4v) is 4.72. The molecule has 138 valence electrons. The van der Waals surface area contributed by atoms with E-state index in [0.717, 1.165) is 48.3 Å². The summed E-state index contributed by atoms with van der Waals surface area (Å²) in [6.45, 7) is 1.53. The highest BCUT2D eigenvalue weighted by Gasteiger charge is 2.17. The first-order valence-electron chi connectivity index (χ1n) is 9.05. The SMILES string of the molecule is Clc1ccc(-c2csc(=NC[C@H]3CCCO3)n2N=C2CCCC2)c(Cl)c1. The molecule has 26 heavy (non-hydrogen) atoms. The Morgan fingerprint density at radius 2 is 2.04 bits per heavy atom. The number of ether oxygens (including phenoxy) is 1. The number of aromatic nitrogens is 1. The molecule has 0 amide bonds. The summed E-state index contributed by atoms with van der Waals surface area (Å²) < 4.78 is 7.66. The Bertz CT molecular complexity index is 873. The molecule has 1 atom stereocenters. The maximum Gasteiger partial charge on any atom is 0.206 e. The maximum atomic E-state index is 6.45. The molecule has 0 N–H and O–H groups in total. The predicted molar refractivity (Wildman–Crippen MR) is 108 cm³/mol. The predicted octanol–water partition coefficient (Wildman–Crippen LogP) is 5.38. The van der Waals surface area contributed by atoms with Crippen LogP contribution < -0.4 is 4.80 Å². The van der Waals surface area contributed by atoms with Crippen LogP contribution in [0.1, 0.15) is 38.5 Å². The number of benzene rings is 1. The van der Waals surface area contributed by atoms with Crippen molar-refractivity contribution in [1.82, 2.24) is 4.68 Å². The van der Waals surface area contributed by atoms with Gasteiger partial charge in [-0.15, -0.1) is 11.3 Å². The molecule has 0 unspecified atom stereocenters. The molecule has 1 aliphatic carbocycles. The zero-order valence-corrected chi connectivity index (χ0v) is 16.8. The number of rotatable bonds is 4. The maximum absolute atomic E-state index is 6.45. The lowest BCUT2D eigenvalue weighted by molar-refractivity contribution is 0.117. The third-order valence-electron chi connectivity index (χ3n) is 4.77. The van der Waals surface area contributed by atoms with Crippen molar-refractivity contribution < 1.29 is 4.74 Å². The number of hydrogen-bond acceptors (Lipinski definition) is 4. The highest BCUT2D eigenvalue weighted by atomic mass is 35.5. The Kier molecular flexibility index (Phi) is 5.79. The largest absolute Gasteiger partial charge is 0.376 e. The van der Waals surface area contributed by atoms with E-state index in [9.17, 15) is 0 Å². The lowest BCUT2D eigenvalue weighted by Gasteiger charge is -2.08. The van der Waals surface area contributed by atoms with Crippen LogP contribution in [0, 0.1) is 0 Å². The van der Waals surface area contributed by atoms with E-state index in [2.05, 4.69) is 5.38 Å². The second-order valence-corrected chi connectivity index (χ2v) is 8.37. The minimum atomic E-state index is 0.229. The molecule has 0 bridgehead atoms. The highest BCUT2D eigenvalue weighted by Crippen LogP contribution is 2.31. The lowest BCUT2D eigenvalue weighted by Crippen LogP contribution is -2.18. The first-order valence-corrected chi connectivity index (χ1v) is 10.7. The van der Waals surface area contributed by atoms with Crippen LogP contribution in [0.15, 0.2) is 33.7 Å². The van der Waals surface area contributed by atoms with Crippen LogP contribution in [-0.2, 0) is 4.74 Å². The molecular weight excluding hydrogens is 389 g/mol. The Labute approximate surface area is 167 Å². The Balaban J connectivity index is 1.75. The van der Waals surface area contributed by atoms with Crippen LogP contribution in [0.4, 0.5) is 0 Å². The minimum Gasteiger partial charge on any atom is -0.376 e. The molecule has 4 nitrogen and oxygen atoms in total. The molecular formula is C19H21Cl2N3OS. The molecule has 1 saturated carbocycles. The highest BCUT2D eigenvalue weighted by molar-refractivity contribution is 7.07. The average molecular weight is 410 g/mol. The molecule has 1 aromatic carbocycles. The minimum absolute atomic E-state index is 0.229. The molecule has 0 spiro atoms. The molecule has 2 aliphatic rings. The zero-order valence-electron chi connectivity index (χ0n) is 14.5. The van der Waals surface area contributed by atoms with Crippen LogP contribution in [0.3, 0.4) is 0 Å². The van der Waals surface area contributed by atoms with E-state index in [-0.39, 0.29) is 6.10 Å². The van der Waals surface area contributed by atoms with Crippen molar-refractivity contribution in [3.8, 4) is 11.3 Å². The fraction of sp³-hybridized carbons (Fsp3) is 0.474. The summed E-state index contributed by atoms with van der Waals surface area (Å²) in [6, 6.07) is 5.57. The van der Waals surface area contributed by atoms with Crippen molar-refractivity contribution in [2.45, 2.75) is 44.6 Å². The summed E-state index contributed by atoms with van der Waals surface area (Å²) in [5, 5.41) is 8.25. The monoisotopic (exact) mass is 409 g/mol. The first-order chi connectivity index (χ1) is 12.7. The van der Waals surface area contributed by atoms with Crippen LogP contribution in [0.25, 0.3) is 11.3 Å². The van der Waals surface area contributed by atoms with E-state index in [0.29, 0.717) is 16.6 Å². The number of thiazole rings is 1. The molecule has 2 heterocycles. The van der Waals surface area contributed by atoms with Gasteiger partial charge in [0.15, 0.2) is 0 Å². The first kappa shape index (κ1) is 18.2. The summed E-state index contributed by atoms with van der Waals surface area (Å²) in [5.74, 6) is 0. The third-order valence-corrected chi connectivity index (χ3v) is 6.17. The summed E-state index contributed by atoms with van der Waals surface area (Å²) in [4.78, 5) is 5.69. The van der Waals surface area contributed by atoms with Gasteiger partial charge in [0, 0.05) is 28.3 Å². The topological polar surface area (TPSA) is 38.9 Å². The fourth-order valence-electron chi connectivity index (χ4n) is 3.38. The standard InChI is InChI=1S/C19H21Cl2N3OS/c20-13-7-8-16(17(21)10-13)18-12-26-19(22-11-15-6-3-9-25-15)24(18)23-14-4-1-2-5-14/h7-8,10,12,15H,1-6,9,11H2/t15-/m1/s1. The van der Waals surface area contributed by atoms with Gasteiger partial charge in [0.05, 0.1) is 23.4 Å².